The third-order valence-corrected chi connectivity index (χ3v) is 5.18. The second-order valence-electron chi connectivity index (χ2n) is 6.62. The highest BCUT2D eigenvalue weighted by Gasteiger charge is 2.56. The Hall–Kier alpha value is -3.19. The maximum atomic E-state index is 12.9. The first kappa shape index (κ1) is 17.2. The Bertz CT molecular complexity index is 841. The van der Waals surface area contributed by atoms with Crippen LogP contribution in [-0.2, 0) is 15.1 Å². The molecule has 0 atom stereocenters. The van der Waals surface area contributed by atoms with Gasteiger partial charge in [-0.1, -0.05) is 48.5 Å². The Morgan fingerprint density at radius 3 is 1.78 bits per heavy atom. The molecule has 4 amide bonds. The summed E-state index contributed by atoms with van der Waals surface area (Å²) in [5.41, 5.74) is 0.122. The molecule has 2 aliphatic heterocycles. The van der Waals surface area contributed by atoms with Gasteiger partial charge in [-0.3, -0.25) is 25.1 Å². The van der Waals surface area contributed by atoms with Gasteiger partial charge >= 0.3 is 6.03 Å². The average molecular weight is 364 g/mol. The number of carbonyl (C=O) groups excluding carboxylic acids is 3. The molecule has 2 N–H and O–H groups in total. The summed E-state index contributed by atoms with van der Waals surface area (Å²) in [7, 11) is 0. The smallest absolute Gasteiger partial charge is 0.328 e. The van der Waals surface area contributed by atoms with Crippen LogP contribution in [0.15, 0.2) is 60.7 Å². The van der Waals surface area contributed by atoms with E-state index in [2.05, 4.69) is 15.5 Å². The molecule has 2 saturated heterocycles. The SMILES string of the molecule is O=C1NC(=O)C(c2ccccc2)(N2CCN(c3ccccc3)CC2)C(=O)N1. The zero-order valence-corrected chi connectivity index (χ0v) is 14.7. The van der Waals surface area contributed by atoms with Crippen LogP contribution in [0.25, 0.3) is 0 Å². The summed E-state index contributed by atoms with van der Waals surface area (Å²) in [4.78, 5) is 41.6. The van der Waals surface area contributed by atoms with Gasteiger partial charge in [-0.05, 0) is 17.7 Å². The Balaban J connectivity index is 1.66. The van der Waals surface area contributed by atoms with Crippen molar-refractivity contribution in [2.24, 2.45) is 0 Å². The minimum Gasteiger partial charge on any atom is -0.369 e. The monoisotopic (exact) mass is 364 g/mol. The Kier molecular flexibility index (Phi) is 4.37. The normalized spacial score (nSPS) is 20.1. The lowest BCUT2D eigenvalue weighted by molar-refractivity contribution is -0.149. The topological polar surface area (TPSA) is 81.8 Å². The Morgan fingerprint density at radius 1 is 0.704 bits per heavy atom. The van der Waals surface area contributed by atoms with Gasteiger partial charge in [-0.25, -0.2) is 4.79 Å². The summed E-state index contributed by atoms with van der Waals surface area (Å²) in [6.07, 6.45) is 0. The van der Waals surface area contributed by atoms with Gasteiger partial charge in [0.05, 0.1) is 0 Å². The van der Waals surface area contributed by atoms with Gasteiger partial charge in [0, 0.05) is 31.9 Å². The molecule has 138 valence electrons. The lowest BCUT2D eigenvalue weighted by atomic mass is 9.84. The van der Waals surface area contributed by atoms with E-state index in [1.807, 2.05) is 41.3 Å². The number of nitrogens with zero attached hydrogens (tertiary/aromatic N) is 2. The van der Waals surface area contributed by atoms with Crippen molar-refractivity contribution < 1.29 is 14.4 Å². The minimum atomic E-state index is -1.54. The standard InChI is InChI=1S/C20H20N4O3/c25-17-20(15-7-3-1-4-8-15,18(26)22-19(27)21-17)24-13-11-23(12-14-24)16-9-5-2-6-10-16/h1-10H,11-14H2,(H2,21,22,25,26,27). The zero-order valence-electron chi connectivity index (χ0n) is 14.7. The minimum absolute atomic E-state index is 0.513. The molecular formula is C20H20N4O3. The van der Waals surface area contributed by atoms with Crippen LogP contribution >= 0.6 is 0 Å². The van der Waals surface area contributed by atoms with Crippen LogP contribution < -0.4 is 15.5 Å². The molecule has 7 nitrogen and oxygen atoms in total. The third-order valence-electron chi connectivity index (χ3n) is 5.18. The van der Waals surface area contributed by atoms with E-state index < -0.39 is 23.4 Å². The number of imide groups is 2. The number of barbiturate groups is 1. The van der Waals surface area contributed by atoms with E-state index in [9.17, 15) is 14.4 Å². The number of para-hydroxylation sites is 1. The van der Waals surface area contributed by atoms with Gasteiger partial charge in [-0.2, -0.15) is 0 Å². The molecular weight excluding hydrogens is 344 g/mol. The number of urea groups is 1. The number of rotatable bonds is 3. The molecule has 2 aliphatic rings. The molecule has 7 heteroatoms. The summed E-state index contributed by atoms with van der Waals surface area (Å²) >= 11 is 0. The maximum absolute atomic E-state index is 12.9. The van der Waals surface area contributed by atoms with Gasteiger partial charge in [0.15, 0.2) is 0 Å². The second-order valence-corrected chi connectivity index (χ2v) is 6.62. The molecule has 0 radical (unpaired) electrons. The van der Waals surface area contributed by atoms with Crippen molar-refractivity contribution >= 4 is 23.5 Å². The average Bonchev–Trinajstić information content (AvgIpc) is 2.70. The number of hydrogen-bond donors (Lipinski definition) is 2. The second kappa shape index (κ2) is 6.85. The van der Waals surface area contributed by atoms with E-state index in [0.717, 1.165) is 5.69 Å². The molecule has 2 aromatic rings. The summed E-state index contributed by atoms with van der Waals surface area (Å²) < 4.78 is 0. The maximum Gasteiger partial charge on any atom is 0.328 e. The molecule has 0 unspecified atom stereocenters. The number of carbonyl (C=O) groups is 3. The summed E-state index contributed by atoms with van der Waals surface area (Å²) in [6.45, 7) is 2.37. The highest BCUT2D eigenvalue weighted by molar-refractivity contribution is 6.22. The van der Waals surface area contributed by atoms with E-state index in [1.54, 1.807) is 24.3 Å². The number of hydrogen-bond acceptors (Lipinski definition) is 5. The van der Waals surface area contributed by atoms with E-state index in [0.29, 0.717) is 31.7 Å². The van der Waals surface area contributed by atoms with Gasteiger partial charge in [0.1, 0.15) is 0 Å². The number of anilines is 1. The van der Waals surface area contributed by atoms with Crippen LogP contribution in [0.5, 0.6) is 0 Å². The van der Waals surface area contributed by atoms with Crippen LogP contribution in [0, 0.1) is 0 Å². The first-order valence-corrected chi connectivity index (χ1v) is 8.90. The van der Waals surface area contributed by atoms with Gasteiger partial charge in [-0.15, -0.1) is 0 Å². The summed E-state index contributed by atoms with van der Waals surface area (Å²) in [6, 6.07) is 18.1. The molecule has 0 saturated carbocycles. The number of piperazine rings is 1. The fourth-order valence-electron chi connectivity index (χ4n) is 3.87. The van der Waals surface area contributed by atoms with Crippen LogP contribution in [0.4, 0.5) is 10.5 Å². The summed E-state index contributed by atoms with van der Waals surface area (Å²) in [5.74, 6) is -1.20. The van der Waals surface area contributed by atoms with Crippen molar-refractivity contribution in [2.45, 2.75) is 5.54 Å². The van der Waals surface area contributed by atoms with Crippen molar-refractivity contribution in [1.29, 1.82) is 0 Å². The molecule has 27 heavy (non-hydrogen) atoms. The van der Waals surface area contributed by atoms with E-state index in [4.69, 9.17) is 0 Å². The highest BCUT2D eigenvalue weighted by Crippen LogP contribution is 2.33. The first-order chi connectivity index (χ1) is 13.1. The fraction of sp³-hybridized carbons (Fsp3) is 0.250. The summed E-state index contributed by atoms with van der Waals surface area (Å²) in [5, 5.41) is 4.55. The van der Waals surface area contributed by atoms with Crippen LogP contribution in [-0.4, -0.2) is 48.9 Å². The molecule has 0 bridgehead atoms. The highest BCUT2D eigenvalue weighted by atomic mass is 16.2. The predicted molar refractivity (Wildman–Crippen MR) is 100 cm³/mol. The third kappa shape index (κ3) is 2.86. The molecule has 2 heterocycles. The van der Waals surface area contributed by atoms with Crippen LogP contribution in [0.3, 0.4) is 0 Å². The van der Waals surface area contributed by atoms with Crippen molar-refractivity contribution in [3.05, 3.63) is 66.2 Å². The zero-order chi connectivity index (χ0) is 18.9. The fourth-order valence-corrected chi connectivity index (χ4v) is 3.87. The molecule has 2 fully saturated rings. The molecule has 2 aromatic carbocycles. The quantitative estimate of drug-likeness (QED) is 0.797. The van der Waals surface area contributed by atoms with Gasteiger partial charge < -0.3 is 4.90 Å². The molecule has 0 spiro atoms. The largest absolute Gasteiger partial charge is 0.369 e. The Morgan fingerprint density at radius 2 is 1.22 bits per heavy atom. The number of nitrogens with one attached hydrogen (secondary N) is 2. The van der Waals surface area contributed by atoms with Crippen molar-refractivity contribution in [3.8, 4) is 0 Å². The lowest BCUT2D eigenvalue weighted by Gasteiger charge is -2.47. The molecule has 4 rings (SSSR count). The van der Waals surface area contributed by atoms with E-state index >= 15 is 0 Å². The van der Waals surface area contributed by atoms with Gasteiger partial charge in [0.2, 0.25) is 5.54 Å². The number of benzene rings is 2. The van der Waals surface area contributed by atoms with Crippen LogP contribution in [0.1, 0.15) is 5.56 Å². The van der Waals surface area contributed by atoms with E-state index in [-0.39, 0.29) is 0 Å². The van der Waals surface area contributed by atoms with Crippen LogP contribution in [0.2, 0.25) is 0 Å². The van der Waals surface area contributed by atoms with Crippen molar-refractivity contribution in [3.63, 3.8) is 0 Å². The Labute approximate surface area is 157 Å². The predicted octanol–water partition coefficient (Wildman–Crippen LogP) is 1.07. The number of amides is 4. The first-order valence-electron chi connectivity index (χ1n) is 8.90. The molecule has 0 aliphatic carbocycles. The van der Waals surface area contributed by atoms with E-state index in [1.165, 1.54) is 0 Å². The van der Waals surface area contributed by atoms with Gasteiger partial charge in [0.25, 0.3) is 11.8 Å². The van der Waals surface area contributed by atoms with Crippen molar-refractivity contribution in [2.75, 3.05) is 31.1 Å². The van der Waals surface area contributed by atoms with Crippen molar-refractivity contribution in [1.82, 2.24) is 15.5 Å². The molecule has 0 aromatic heterocycles. The lowest BCUT2D eigenvalue weighted by Crippen LogP contribution is -2.72.